The molecule has 0 bridgehead atoms. The van der Waals surface area contributed by atoms with Crippen LogP contribution in [0.1, 0.15) is 20.7 Å². The zero-order valence-corrected chi connectivity index (χ0v) is 14.6. The molecule has 0 unspecified atom stereocenters. The summed E-state index contributed by atoms with van der Waals surface area (Å²) >= 11 is 1.40. The lowest BCUT2D eigenvalue weighted by molar-refractivity contribution is -0.123. The van der Waals surface area contributed by atoms with Gasteiger partial charge in [-0.05, 0) is 30.5 Å². The van der Waals surface area contributed by atoms with Crippen molar-refractivity contribution in [2.75, 3.05) is 20.0 Å². The molecule has 2 amide bonds. The highest BCUT2D eigenvalue weighted by Crippen LogP contribution is 2.20. The summed E-state index contributed by atoms with van der Waals surface area (Å²) in [5.74, 6) is -1.61. The molecule has 2 aromatic rings. The van der Waals surface area contributed by atoms with Gasteiger partial charge in [-0.2, -0.15) is 0 Å². The summed E-state index contributed by atoms with van der Waals surface area (Å²) in [5, 5.41) is 2.17. The van der Waals surface area contributed by atoms with E-state index in [1.165, 1.54) is 24.9 Å². The van der Waals surface area contributed by atoms with Crippen LogP contribution in [0.2, 0.25) is 0 Å². The first-order valence-corrected chi connectivity index (χ1v) is 8.56. The number of carbonyl (C=O) groups is 3. The highest BCUT2D eigenvalue weighted by molar-refractivity contribution is 7.98. The fourth-order valence-corrected chi connectivity index (χ4v) is 2.67. The number of hydrogen-bond donors (Lipinski definition) is 1. The Morgan fingerprint density at radius 2 is 1.64 bits per heavy atom. The van der Waals surface area contributed by atoms with Gasteiger partial charge in [0, 0.05) is 4.90 Å². The lowest BCUT2D eigenvalue weighted by atomic mass is 10.2. The summed E-state index contributed by atoms with van der Waals surface area (Å²) in [6.45, 7) is -0.553. The minimum Gasteiger partial charge on any atom is -0.496 e. The summed E-state index contributed by atoms with van der Waals surface area (Å²) in [5.41, 5.74) is 0.594. The van der Waals surface area contributed by atoms with E-state index in [0.29, 0.717) is 11.3 Å². The van der Waals surface area contributed by atoms with Gasteiger partial charge in [0.1, 0.15) is 5.75 Å². The maximum Gasteiger partial charge on any atom is 0.339 e. The van der Waals surface area contributed by atoms with Gasteiger partial charge in [0.2, 0.25) is 0 Å². The smallest absolute Gasteiger partial charge is 0.339 e. The molecule has 0 heterocycles. The summed E-state index contributed by atoms with van der Waals surface area (Å²) in [6, 6.07) is 13.4. The second-order valence-corrected chi connectivity index (χ2v) is 5.70. The molecule has 0 atom stereocenters. The van der Waals surface area contributed by atoms with E-state index in [-0.39, 0.29) is 5.56 Å². The SMILES string of the molecule is COc1ccccc1C(=O)NC(=O)COC(=O)c1ccccc1SC. The van der Waals surface area contributed by atoms with Crippen LogP contribution in [-0.4, -0.2) is 37.8 Å². The van der Waals surface area contributed by atoms with E-state index < -0.39 is 24.4 Å². The van der Waals surface area contributed by atoms with Crippen molar-refractivity contribution in [3.05, 3.63) is 59.7 Å². The van der Waals surface area contributed by atoms with Crippen molar-refractivity contribution in [1.82, 2.24) is 5.32 Å². The van der Waals surface area contributed by atoms with Gasteiger partial charge in [0.25, 0.3) is 11.8 Å². The standard InChI is InChI=1S/C18H17NO5S/c1-23-14-9-5-3-7-12(14)17(21)19-16(20)11-24-18(22)13-8-4-6-10-15(13)25-2/h3-10H,11H2,1-2H3,(H,19,20,21). The quantitative estimate of drug-likeness (QED) is 0.630. The predicted molar refractivity (Wildman–Crippen MR) is 94.0 cm³/mol. The number of imide groups is 1. The highest BCUT2D eigenvalue weighted by atomic mass is 32.2. The van der Waals surface area contributed by atoms with Gasteiger partial charge in [0.15, 0.2) is 6.61 Å². The minimum atomic E-state index is -0.717. The number of esters is 1. The molecule has 0 radical (unpaired) electrons. The number of amides is 2. The third-order valence-electron chi connectivity index (χ3n) is 3.27. The zero-order chi connectivity index (χ0) is 18.2. The van der Waals surface area contributed by atoms with Gasteiger partial charge >= 0.3 is 5.97 Å². The highest BCUT2D eigenvalue weighted by Gasteiger charge is 2.17. The average molecular weight is 359 g/mol. The van der Waals surface area contributed by atoms with Crippen molar-refractivity contribution in [3.8, 4) is 5.75 Å². The van der Waals surface area contributed by atoms with Crippen molar-refractivity contribution in [3.63, 3.8) is 0 Å². The van der Waals surface area contributed by atoms with Crippen LogP contribution in [0.25, 0.3) is 0 Å². The molecule has 0 saturated carbocycles. The lowest BCUT2D eigenvalue weighted by Crippen LogP contribution is -2.34. The minimum absolute atomic E-state index is 0.220. The summed E-state index contributed by atoms with van der Waals surface area (Å²) in [6.07, 6.45) is 1.84. The van der Waals surface area contributed by atoms with Crippen LogP contribution in [-0.2, 0) is 9.53 Å². The fourth-order valence-electron chi connectivity index (χ4n) is 2.08. The molecule has 1 N–H and O–H groups in total. The van der Waals surface area contributed by atoms with E-state index in [4.69, 9.17) is 9.47 Å². The maximum atomic E-state index is 12.1. The van der Waals surface area contributed by atoms with Crippen molar-refractivity contribution in [1.29, 1.82) is 0 Å². The molecule has 2 rings (SSSR count). The molecule has 0 saturated heterocycles. The largest absolute Gasteiger partial charge is 0.496 e. The van der Waals surface area contributed by atoms with Crippen molar-refractivity contribution in [2.24, 2.45) is 0 Å². The Hall–Kier alpha value is -2.80. The lowest BCUT2D eigenvalue weighted by Gasteiger charge is -2.09. The molecular formula is C18H17NO5S. The Morgan fingerprint density at radius 1 is 1.00 bits per heavy atom. The number of nitrogens with one attached hydrogen (secondary N) is 1. The van der Waals surface area contributed by atoms with E-state index in [1.54, 1.807) is 42.5 Å². The molecule has 25 heavy (non-hydrogen) atoms. The van der Waals surface area contributed by atoms with E-state index >= 15 is 0 Å². The van der Waals surface area contributed by atoms with Crippen LogP contribution in [0.4, 0.5) is 0 Å². The van der Waals surface area contributed by atoms with Crippen LogP contribution < -0.4 is 10.1 Å². The molecule has 6 nitrogen and oxygen atoms in total. The Bertz CT molecular complexity index is 791. The number of para-hydroxylation sites is 1. The topological polar surface area (TPSA) is 81.7 Å². The molecule has 0 fully saturated rings. The Balaban J connectivity index is 1.94. The first-order valence-electron chi connectivity index (χ1n) is 7.34. The molecule has 0 spiro atoms. The van der Waals surface area contributed by atoms with Crippen molar-refractivity contribution < 1.29 is 23.9 Å². The summed E-state index contributed by atoms with van der Waals surface area (Å²) in [4.78, 5) is 36.8. The summed E-state index contributed by atoms with van der Waals surface area (Å²) in [7, 11) is 1.43. The van der Waals surface area contributed by atoms with Crippen molar-refractivity contribution in [2.45, 2.75) is 4.90 Å². The van der Waals surface area contributed by atoms with Crippen LogP contribution in [0.15, 0.2) is 53.4 Å². The normalized spacial score (nSPS) is 10.0. The molecule has 2 aromatic carbocycles. The van der Waals surface area contributed by atoms with E-state index in [0.717, 1.165) is 4.90 Å². The number of thioether (sulfide) groups is 1. The van der Waals surface area contributed by atoms with Gasteiger partial charge in [-0.1, -0.05) is 24.3 Å². The number of benzene rings is 2. The Labute approximate surface area is 149 Å². The molecule has 0 aliphatic heterocycles. The maximum absolute atomic E-state index is 12.1. The first kappa shape index (κ1) is 18.5. The van der Waals surface area contributed by atoms with E-state index in [2.05, 4.69) is 5.32 Å². The van der Waals surface area contributed by atoms with Crippen LogP contribution in [0, 0.1) is 0 Å². The molecule has 0 aliphatic carbocycles. The second kappa shape index (κ2) is 8.89. The predicted octanol–water partition coefficient (Wildman–Crippen LogP) is 2.53. The molecule has 0 aliphatic rings. The van der Waals surface area contributed by atoms with Crippen LogP contribution in [0.3, 0.4) is 0 Å². The summed E-state index contributed by atoms with van der Waals surface area (Å²) < 4.78 is 10.0. The van der Waals surface area contributed by atoms with Crippen LogP contribution >= 0.6 is 11.8 Å². The fraction of sp³-hybridized carbons (Fsp3) is 0.167. The number of rotatable bonds is 6. The Morgan fingerprint density at radius 3 is 2.32 bits per heavy atom. The number of hydrogen-bond acceptors (Lipinski definition) is 6. The molecular weight excluding hydrogens is 342 g/mol. The van der Waals surface area contributed by atoms with Gasteiger partial charge in [-0.25, -0.2) is 4.79 Å². The molecule has 130 valence electrons. The average Bonchev–Trinajstić information content (AvgIpc) is 2.65. The van der Waals surface area contributed by atoms with Gasteiger partial charge in [-0.3, -0.25) is 14.9 Å². The van der Waals surface area contributed by atoms with Gasteiger partial charge < -0.3 is 9.47 Å². The third kappa shape index (κ3) is 4.84. The van der Waals surface area contributed by atoms with E-state index in [9.17, 15) is 14.4 Å². The number of ether oxygens (including phenoxy) is 2. The van der Waals surface area contributed by atoms with Crippen molar-refractivity contribution >= 4 is 29.5 Å². The monoisotopic (exact) mass is 359 g/mol. The van der Waals surface area contributed by atoms with Gasteiger partial charge in [0.05, 0.1) is 18.2 Å². The number of methoxy groups -OCH3 is 1. The first-order chi connectivity index (χ1) is 12.1. The van der Waals surface area contributed by atoms with E-state index in [1.807, 2.05) is 6.26 Å². The molecule has 0 aromatic heterocycles. The third-order valence-corrected chi connectivity index (χ3v) is 4.06. The van der Waals surface area contributed by atoms with Gasteiger partial charge in [-0.15, -0.1) is 11.8 Å². The second-order valence-electron chi connectivity index (χ2n) is 4.85. The molecule has 7 heteroatoms. The van der Waals surface area contributed by atoms with Crippen LogP contribution in [0.5, 0.6) is 5.75 Å². The zero-order valence-electron chi connectivity index (χ0n) is 13.8. The number of carbonyl (C=O) groups excluding carboxylic acids is 3. The Kier molecular flexibility index (Phi) is 6.59.